The molecule has 0 aromatic heterocycles. The molecule has 2 aliphatic rings. The van der Waals surface area contributed by atoms with Gasteiger partial charge in [0.25, 0.3) is 0 Å². The minimum atomic E-state index is -1.10. The van der Waals surface area contributed by atoms with E-state index in [1.165, 1.54) is 38.8 Å². The molecule has 0 spiro atoms. The maximum Gasteiger partial charge on any atom is 0.408 e. The third-order valence-electron chi connectivity index (χ3n) is 3.87. The lowest BCUT2D eigenvalue weighted by Crippen LogP contribution is -2.39. The minimum Gasteiger partial charge on any atom is -0.480 e. The number of rotatable bonds is 3. The Labute approximate surface area is 180 Å². The van der Waals surface area contributed by atoms with Crippen LogP contribution in [0.25, 0.3) is 0 Å². The number of carbonyl (C=O) groups excluding carboxylic acids is 2. The lowest BCUT2D eigenvalue weighted by Gasteiger charge is -2.25. The molecular formula is C19H39ClN4O5. The maximum absolute atomic E-state index is 11.0. The molecule has 2 heterocycles. The van der Waals surface area contributed by atoms with Crippen molar-refractivity contribution in [3.05, 3.63) is 0 Å². The summed E-state index contributed by atoms with van der Waals surface area (Å²) >= 11 is 0. The smallest absolute Gasteiger partial charge is 0.408 e. The molecule has 2 rings (SSSR count). The second kappa shape index (κ2) is 17.3. The Hall–Kier alpha value is -1.58. The highest BCUT2D eigenvalue weighted by molar-refractivity contribution is 5.85. The first-order valence-electron chi connectivity index (χ1n) is 10.0. The first-order valence-corrected chi connectivity index (χ1v) is 10.0. The van der Waals surface area contributed by atoms with Crippen LogP contribution < -0.4 is 16.4 Å². The molecule has 29 heavy (non-hydrogen) atoms. The molecular weight excluding hydrogens is 400 g/mol. The van der Waals surface area contributed by atoms with E-state index in [0.717, 1.165) is 25.9 Å². The Kier molecular flexibility index (Phi) is 17.7. The zero-order valence-electron chi connectivity index (χ0n) is 18.0. The number of hydrogen-bond donors (Lipinski definition) is 4. The van der Waals surface area contributed by atoms with Gasteiger partial charge in [-0.3, -0.25) is 9.59 Å². The predicted octanol–water partition coefficient (Wildman–Crippen LogP) is 1.74. The van der Waals surface area contributed by atoms with Crippen molar-refractivity contribution in [2.45, 2.75) is 64.9 Å². The number of nitrogens with zero attached hydrogens (tertiary/aromatic N) is 1. The number of carboxylic acid groups (broad SMARTS) is 1. The molecule has 0 atom stereocenters. The number of piperidine rings is 2. The standard InChI is InChI=1S/C7H14N2O.C7H13NO4.C5H11N.ClH/c8-6-7(10)9-4-2-1-3-5-9;1-7(2,3)12-6(11)8-4-5(9)10;1-2-4-6-5-3-1;/h1-6,8H2;4H2,1-3H3,(H,8,11)(H,9,10);6H,1-5H2;1H. The topological polar surface area (TPSA) is 134 Å². The van der Waals surface area contributed by atoms with Crippen LogP contribution in [0.5, 0.6) is 0 Å². The molecule has 172 valence electrons. The molecule has 2 fully saturated rings. The van der Waals surface area contributed by atoms with Crippen LogP contribution >= 0.6 is 12.4 Å². The number of likely N-dealkylation sites (tertiary alicyclic amines) is 1. The van der Waals surface area contributed by atoms with Gasteiger partial charge in [-0.2, -0.15) is 0 Å². The molecule has 9 nitrogen and oxygen atoms in total. The number of halogens is 1. The number of carboxylic acids is 1. The van der Waals surface area contributed by atoms with E-state index in [-0.39, 0.29) is 24.9 Å². The molecule has 0 aliphatic carbocycles. The van der Waals surface area contributed by atoms with E-state index in [1.807, 2.05) is 4.90 Å². The van der Waals surface area contributed by atoms with E-state index in [0.29, 0.717) is 0 Å². The molecule has 2 amide bonds. The van der Waals surface area contributed by atoms with E-state index < -0.39 is 24.2 Å². The van der Waals surface area contributed by atoms with Crippen molar-refractivity contribution in [2.75, 3.05) is 39.3 Å². The van der Waals surface area contributed by atoms with Crippen molar-refractivity contribution in [1.82, 2.24) is 15.5 Å². The third-order valence-corrected chi connectivity index (χ3v) is 3.87. The van der Waals surface area contributed by atoms with E-state index >= 15 is 0 Å². The number of alkyl carbamates (subject to hydrolysis) is 1. The normalized spacial score (nSPS) is 15.9. The molecule has 0 unspecified atom stereocenters. The fourth-order valence-corrected chi connectivity index (χ4v) is 2.54. The molecule has 0 aromatic carbocycles. The Bertz CT molecular complexity index is 450. The number of nitrogens with one attached hydrogen (secondary N) is 2. The number of nitrogens with two attached hydrogens (primary N) is 1. The number of hydrogen-bond acceptors (Lipinski definition) is 6. The largest absolute Gasteiger partial charge is 0.480 e. The monoisotopic (exact) mass is 438 g/mol. The summed E-state index contributed by atoms with van der Waals surface area (Å²) in [5.74, 6) is -0.999. The van der Waals surface area contributed by atoms with Crippen LogP contribution in [0, 0.1) is 0 Å². The highest BCUT2D eigenvalue weighted by Crippen LogP contribution is 2.07. The summed E-state index contributed by atoms with van der Waals surface area (Å²) in [6.07, 6.45) is 7.05. The average molecular weight is 439 g/mol. The van der Waals surface area contributed by atoms with Crippen molar-refractivity contribution in [2.24, 2.45) is 5.73 Å². The Balaban J connectivity index is 0. The Morgan fingerprint density at radius 2 is 1.55 bits per heavy atom. The quantitative estimate of drug-likeness (QED) is 0.527. The van der Waals surface area contributed by atoms with Gasteiger partial charge in [-0.25, -0.2) is 4.79 Å². The summed E-state index contributed by atoms with van der Waals surface area (Å²) in [4.78, 5) is 33.6. The zero-order chi connectivity index (χ0) is 21.4. The van der Waals surface area contributed by atoms with Crippen LogP contribution in [0.15, 0.2) is 0 Å². The first-order chi connectivity index (χ1) is 13.2. The van der Waals surface area contributed by atoms with Gasteiger partial charge < -0.3 is 31.1 Å². The lowest BCUT2D eigenvalue weighted by molar-refractivity contribution is -0.136. The Morgan fingerprint density at radius 1 is 1.03 bits per heavy atom. The van der Waals surface area contributed by atoms with Gasteiger partial charge in [0.1, 0.15) is 12.1 Å². The predicted molar refractivity (Wildman–Crippen MR) is 115 cm³/mol. The van der Waals surface area contributed by atoms with Crippen LogP contribution in [0.3, 0.4) is 0 Å². The van der Waals surface area contributed by atoms with Crippen LogP contribution in [0.2, 0.25) is 0 Å². The van der Waals surface area contributed by atoms with E-state index in [1.54, 1.807) is 20.8 Å². The van der Waals surface area contributed by atoms with Crippen molar-refractivity contribution in [1.29, 1.82) is 0 Å². The molecule has 2 aliphatic heterocycles. The average Bonchev–Trinajstić information content (AvgIpc) is 2.67. The van der Waals surface area contributed by atoms with Gasteiger partial charge in [0.2, 0.25) is 5.91 Å². The van der Waals surface area contributed by atoms with E-state index in [9.17, 15) is 14.4 Å². The Morgan fingerprint density at radius 3 is 1.90 bits per heavy atom. The fraction of sp³-hybridized carbons (Fsp3) is 0.842. The van der Waals surface area contributed by atoms with Gasteiger partial charge in [-0.1, -0.05) is 6.42 Å². The lowest BCUT2D eigenvalue weighted by atomic mass is 10.1. The van der Waals surface area contributed by atoms with Gasteiger partial charge in [0.15, 0.2) is 0 Å². The summed E-state index contributed by atoms with van der Waals surface area (Å²) in [6, 6.07) is 0. The van der Waals surface area contributed by atoms with Gasteiger partial charge >= 0.3 is 12.1 Å². The van der Waals surface area contributed by atoms with Gasteiger partial charge in [-0.15, -0.1) is 12.4 Å². The SMILES string of the molecule is C1CCNCC1.CC(C)(C)OC(=O)NCC(=O)O.Cl.NCC(=O)N1CCCCC1. The highest BCUT2D eigenvalue weighted by Gasteiger charge is 2.16. The van der Waals surface area contributed by atoms with Crippen molar-refractivity contribution >= 4 is 30.4 Å². The van der Waals surface area contributed by atoms with E-state index in [2.05, 4.69) is 10.6 Å². The van der Waals surface area contributed by atoms with E-state index in [4.69, 9.17) is 15.6 Å². The highest BCUT2D eigenvalue weighted by atomic mass is 35.5. The summed E-state index contributed by atoms with van der Waals surface area (Å²) in [7, 11) is 0. The number of ether oxygens (including phenoxy) is 1. The van der Waals surface area contributed by atoms with Gasteiger partial charge in [0.05, 0.1) is 6.54 Å². The molecule has 5 N–H and O–H groups in total. The second-order valence-electron chi connectivity index (χ2n) is 7.71. The maximum atomic E-state index is 11.0. The van der Waals surface area contributed by atoms with Gasteiger partial charge in [-0.05, 0) is 66.0 Å². The third kappa shape index (κ3) is 19.5. The van der Waals surface area contributed by atoms with Crippen molar-refractivity contribution in [3.63, 3.8) is 0 Å². The summed E-state index contributed by atoms with van der Waals surface area (Å²) in [5, 5.41) is 13.6. The minimum absolute atomic E-state index is 0. The fourth-order valence-electron chi connectivity index (χ4n) is 2.54. The van der Waals surface area contributed by atoms with Crippen LogP contribution in [-0.4, -0.2) is 72.8 Å². The molecule has 0 saturated carbocycles. The molecule has 0 bridgehead atoms. The van der Waals surface area contributed by atoms with Crippen molar-refractivity contribution in [3.8, 4) is 0 Å². The van der Waals surface area contributed by atoms with Gasteiger partial charge in [0, 0.05) is 13.1 Å². The first kappa shape index (κ1) is 29.6. The summed E-state index contributed by atoms with van der Waals surface area (Å²) in [5.41, 5.74) is 4.62. The molecule has 2 saturated heterocycles. The molecule has 0 radical (unpaired) electrons. The number of amides is 2. The molecule has 10 heteroatoms. The zero-order valence-corrected chi connectivity index (χ0v) is 18.8. The van der Waals surface area contributed by atoms with Crippen LogP contribution in [-0.2, 0) is 14.3 Å². The second-order valence-corrected chi connectivity index (χ2v) is 7.71. The van der Waals surface area contributed by atoms with Crippen LogP contribution in [0.1, 0.15) is 59.3 Å². The summed E-state index contributed by atoms with van der Waals surface area (Å²) < 4.78 is 4.77. The van der Waals surface area contributed by atoms with Crippen LogP contribution in [0.4, 0.5) is 4.79 Å². The van der Waals surface area contributed by atoms with Crippen molar-refractivity contribution < 1.29 is 24.2 Å². The number of aliphatic carboxylic acids is 1. The molecule has 0 aromatic rings. The number of carbonyl (C=O) groups is 3. The summed E-state index contributed by atoms with van der Waals surface area (Å²) in [6.45, 7) is 9.18.